The van der Waals surface area contributed by atoms with E-state index in [1.807, 2.05) is 0 Å². The summed E-state index contributed by atoms with van der Waals surface area (Å²) in [5, 5.41) is 0. The summed E-state index contributed by atoms with van der Waals surface area (Å²) in [4.78, 5) is 0. The Kier molecular flexibility index (Phi) is 8.40. The number of methoxy groups -OCH3 is 1. The van der Waals surface area contributed by atoms with Crippen LogP contribution in [0.2, 0.25) is 3.93 Å². The fourth-order valence-electron chi connectivity index (χ4n) is 0.341. The normalized spacial score (nSPS) is 8.29. The summed E-state index contributed by atoms with van der Waals surface area (Å²) in [6.45, 7) is 0.896. The van der Waals surface area contributed by atoms with Crippen molar-refractivity contribution >= 4 is 8.25 Å². The monoisotopic (exact) mass is 310 g/mol. The van der Waals surface area contributed by atoms with Gasteiger partial charge in [0.15, 0.2) is 0 Å². The van der Waals surface area contributed by atoms with Crippen LogP contribution in [0.5, 0.6) is 0 Å². The molecule has 0 spiro atoms. The second kappa shape index (κ2) is 7.19. The van der Waals surface area contributed by atoms with Gasteiger partial charge in [-0.3, -0.25) is 0 Å². The molecule has 0 fully saturated rings. The van der Waals surface area contributed by atoms with Crippen molar-refractivity contribution in [3.8, 4) is 0 Å². The molecule has 0 aliphatic rings. The van der Waals surface area contributed by atoms with E-state index in [9.17, 15) is 0 Å². The van der Waals surface area contributed by atoms with Crippen molar-refractivity contribution in [3.63, 3.8) is 0 Å². The molecule has 0 unspecified atom stereocenters. The molecule has 1 nitrogen and oxygen atoms in total. The van der Waals surface area contributed by atoms with Crippen LogP contribution in [0.4, 0.5) is 0 Å². The molecule has 0 N–H and O–H groups in total. The third-order valence-electron chi connectivity index (χ3n) is 0.732. The summed E-state index contributed by atoms with van der Waals surface area (Å²) in [5.41, 5.74) is 0. The van der Waals surface area contributed by atoms with Crippen LogP contribution in [0.25, 0.3) is 0 Å². The number of hydrogen-bond acceptors (Lipinski definition) is 1. The van der Waals surface area contributed by atoms with Crippen molar-refractivity contribution in [2.45, 2.75) is 10.4 Å². The Morgan fingerprint density at radius 1 is 1.71 bits per heavy atom. The SMILES string of the molecule is COCC[CH2][Hg][Cl]. The molecule has 0 saturated carbocycles. The van der Waals surface area contributed by atoms with Gasteiger partial charge < -0.3 is 0 Å². The van der Waals surface area contributed by atoms with E-state index < -0.39 is 23.3 Å². The average molecular weight is 309 g/mol. The van der Waals surface area contributed by atoms with Crippen molar-refractivity contribution in [1.82, 2.24) is 0 Å². The van der Waals surface area contributed by atoms with Crippen LogP contribution in [0.15, 0.2) is 0 Å². The summed E-state index contributed by atoms with van der Waals surface area (Å²) in [6, 6.07) is 0. The molecule has 0 rings (SSSR count). The first kappa shape index (κ1) is 8.19. The van der Waals surface area contributed by atoms with Crippen LogP contribution in [0, 0.1) is 0 Å². The molecule has 0 aromatic rings. The molecule has 40 valence electrons. The van der Waals surface area contributed by atoms with Crippen molar-refractivity contribution in [2.75, 3.05) is 13.7 Å². The number of rotatable bonds is 4. The minimum absolute atomic E-state index is 0.795. The molecular formula is C4H9ClHgO. The molecule has 3 heteroatoms. The Labute approximate surface area is 60.3 Å². The Balaban J connectivity index is 2.45. The van der Waals surface area contributed by atoms with E-state index in [0.29, 0.717) is 0 Å². The molecule has 0 bridgehead atoms. The molecular weight excluding hydrogens is 300 g/mol. The van der Waals surface area contributed by atoms with Gasteiger partial charge in [-0.2, -0.15) is 0 Å². The predicted molar refractivity (Wildman–Crippen MR) is 27.2 cm³/mol. The molecule has 0 saturated heterocycles. The summed E-state index contributed by atoms with van der Waals surface area (Å²) in [5.74, 6) is 0. The Morgan fingerprint density at radius 2 is 2.43 bits per heavy atom. The third-order valence-corrected chi connectivity index (χ3v) is 6.06. The zero-order chi connectivity index (χ0) is 5.54. The second-order valence-electron chi connectivity index (χ2n) is 1.39. The third kappa shape index (κ3) is 7.19. The van der Waals surface area contributed by atoms with Gasteiger partial charge in [0.25, 0.3) is 0 Å². The minimum atomic E-state index is -0.795. The fraction of sp³-hybridized carbons (Fsp3) is 1.00. The molecule has 0 heterocycles. The van der Waals surface area contributed by atoms with Crippen molar-refractivity contribution < 1.29 is 28.1 Å². The van der Waals surface area contributed by atoms with E-state index in [2.05, 4.69) is 0 Å². The predicted octanol–water partition coefficient (Wildman–Crippen LogP) is 1.68. The van der Waals surface area contributed by atoms with Gasteiger partial charge >= 0.3 is 60.4 Å². The van der Waals surface area contributed by atoms with E-state index in [-0.39, 0.29) is 0 Å². The molecule has 0 aromatic carbocycles. The first-order valence-corrected chi connectivity index (χ1v) is 13.1. The maximum absolute atomic E-state index is 5.60. The standard InChI is InChI=1S/C4H9O.ClH.Hg/c1-3-4-5-2;;/h1,3-4H2,2H3;1H;/q;;+1/p-1. The van der Waals surface area contributed by atoms with Crippen molar-refractivity contribution in [1.29, 1.82) is 0 Å². The van der Waals surface area contributed by atoms with Crippen molar-refractivity contribution in [2.24, 2.45) is 0 Å². The summed E-state index contributed by atoms with van der Waals surface area (Å²) in [6.07, 6.45) is 1.18. The van der Waals surface area contributed by atoms with Gasteiger partial charge in [-0.25, -0.2) is 0 Å². The van der Waals surface area contributed by atoms with Crippen LogP contribution in [0.1, 0.15) is 6.42 Å². The van der Waals surface area contributed by atoms with E-state index in [1.165, 1.54) is 10.4 Å². The van der Waals surface area contributed by atoms with Gasteiger partial charge in [0, 0.05) is 0 Å². The fourth-order valence-corrected chi connectivity index (χ4v) is 3.53. The quantitative estimate of drug-likeness (QED) is 0.567. The topological polar surface area (TPSA) is 9.23 Å². The van der Waals surface area contributed by atoms with E-state index >= 15 is 0 Å². The molecule has 0 radical (unpaired) electrons. The first-order valence-electron chi connectivity index (χ1n) is 2.46. The van der Waals surface area contributed by atoms with Crippen LogP contribution < -0.4 is 0 Å². The first-order chi connectivity index (χ1) is 3.41. The summed E-state index contributed by atoms with van der Waals surface area (Å²) in [7, 11) is 7.33. The Morgan fingerprint density at radius 3 is 2.86 bits per heavy atom. The van der Waals surface area contributed by atoms with Gasteiger partial charge in [-0.1, -0.05) is 0 Å². The summed E-state index contributed by atoms with van der Waals surface area (Å²) >= 11 is -0.795. The molecule has 7 heavy (non-hydrogen) atoms. The number of halogens is 1. The van der Waals surface area contributed by atoms with Crippen LogP contribution in [-0.2, 0) is 28.1 Å². The molecule has 0 atom stereocenters. The number of hydrogen-bond donors (Lipinski definition) is 0. The van der Waals surface area contributed by atoms with Crippen molar-refractivity contribution in [3.05, 3.63) is 0 Å². The van der Waals surface area contributed by atoms with Crippen LogP contribution in [-0.4, -0.2) is 13.7 Å². The van der Waals surface area contributed by atoms with Gasteiger partial charge in [0.2, 0.25) is 0 Å². The molecule has 0 aromatic heterocycles. The molecule has 0 amide bonds. The zero-order valence-corrected chi connectivity index (χ0v) is 10.9. The van der Waals surface area contributed by atoms with Crippen LogP contribution >= 0.6 is 8.25 Å². The molecule has 0 aliphatic heterocycles. The van der Waals surface area contributed by atoms with Crippen LogP contribution in [0.3, 0.4) is 0 Å². The Bertz CT molecular complexity index is 30.9. The Hall–Kier alpha value is 1.19. The maximum atomic E-state index is 5.60. The van der Waals surface area contributed by atoms with Gasteiger partial charge in [0.1, 0.15) is 0 Å². The van der Waals surface area contributed by atoms with E-state index in [4.69, 9.17) is 13.0 Å². The zero-order valence-electron chi connectivity index (χ0n) is 4.61. The molecule has 0 aliphatic carbocycles. The second-order valence-corrected chi connectivity index (χ2v) is 8.92. The van der Waals surface area contributed by atoms with Gasteiger partial charge in [0.05, 0.1) is 0 Å². The summed E-state index contributed by atoms with van der Waals surface area (Å²) < 4.78 is 6.11. The van der Waals surface area contributed by atoms with Gasteiger partial charge in [-0.05, 0) is 0 Å². The van der Waals surface area contributed by atoms with E-state index in [0.717, 1.165) is 6.61 Å². The number of ether oxygens (including phenoxy) is 1. The average Bonchev–Trinajstić information content (AvgIpc) is 1.69. The van der Waals surface area contributed by atoms with E-state index in [1.54, 1.807) is 7.11 Å². The van der Waals surface area contributed by atoms with Gasteiger partial charge in [-0.15, -0.1) is 0 Å².